The number of sulfone groups is 1. The van der Waals surface area contributed by atoms with Crippen LogP contribution in [0.3, 0.4) is 0 Å². The molecule has 12 heteroatoms. The van der Waals surface area contributed by atoms with Crippen LogP contribution < -0.4 is 27.1 Å². The van der Waals surface area contributed by atoms with Gasteiger partial charge in [0.1, 0.15) is 51.0 Å². The minimum absolute atomic E-state index is 0.0496. The Morgan fingerprint density at radius 1 is 0.385 bits per heavy atom. The molecule has 0 spiro atoms. The van der Waals surface area contributed by atoms with E-state index in [1.807, 2.05) is 182 Å². The summed E-state index contributed by atoms with van der Waals surface area (Å²) >= 11 is 0. The normalized spacial score (nSPS) is 13.1. The number of benzene rings is 10. The highest BCUT2D eigenvalue weighted by Crippen LogP contribution is 2.51. The molecule has 1 heterocycles. The van der Waals surface area contributed by atoms with Crippen LogP contribution in [0.2, 0.25) is 19.0 Å². The van der Waals surface area contributed by atoms with Gasteiger partial charge in [-0.1, -0.05) is 201 Å². The van der Waals surface area contributed by atoms with E-state index in [4.69, 9.17) is 27.1 Å². The lowest BCUT2D eigenvalue weighted by Crippen LogP contribution is -2.25. The molecule has 11 rings (SSSR count). The van der Waals surface area contributed by atoms with E-state index in [2.05, 4.69) is 48.5 Å². The van der Waals surface area contributed by atoms with Gasteiger partial charge in [0.05, 0.1) is 0 Å². The fraction of sp³-hybridized carbons (Fsp3) is 0.212. The van der Waals surface area contributed by atoms with Gasteiger partial charge in [-0.25, -0.2) is 8.42 Å². The van der Waals surface area contributed by atoms with Gasteiger partial charge < -0.3 is 27.1 Å². The van der Waals surface area contributed by atoms with Crippen molar-refractivity contribution in [3.05, 3.63) is 217 Å². The van der Waals surface area contributed by atoms with Crippen molar-refractivity contribution in [1.29, 1.82) is 0 Å². The van der Waals surface area contributed by atoms with Gasteiger partial charge in [0.15, 0.2) is 0 Å². The Hall–Kier alpha value is -7.09. The molecule has 0 N–H and O–H groups in total. The summed E-state index contributed by atoms with van der Waals surface area (Å²) in [6, 6.07) is 66.3. The zero-order chi connectivity index (χ0) is 54.2. The molecule has 0 radical (unpaired) electrons. The van der Waals surface area contributed by atoms with Crippen molar-refractivity contribution in [3.8, 4) is 34.5 Å². The molecular weight excluding hydrogens is 1030 g/mol. The van der Waals surface area contributed by atoms with Crippen molar-refractivity contribution in [1.82, 2.24) is 0 Å². The van der Waals surface area contributed by atoms with Crippen molar-refractivity contribution in [2.24, 2.45) is 5.41 Å². The summed E-state index contributed by atoms with van der Waals surface area (Å²) in [6.45, 7) is 15.8. The van der Waals surface area contributed by atoms with Gasteiger partial charge in [0.2, 0.25) is 9.84 Å². The third-order valence-corrected chi connectivity index (χ3v) is 18.4. The van der Waals surface area contributed by atoms with E-state index in [0.29, 0.717) is 29.7 Å². The van der Waals surface area contributed by atoms with Gasteiger partial charge in [0.25, 0.3) is 0 Å². The summed E-state index contributed by atoms with van der Waals surface area (Å²) in [5.74, 6) is 2.14. The monoisotopic (exact) mass is 1090 g/mol. The lowest BCUT2D eigenvalue weighted by atomic mass is 9.57. The highest BCUT2D eigenvalue weighted by molar-refractivity contribution is 7.91. The predicted octanol–water partition coefficient (Wildman–Crippen LogP) is 19.2. The first-order valence-corrected chi connectivity index (χ1v) is 30.3. The first-order valence-electron chi connectivity index (χ1n) is 26.6. The van der Waals surface area contributed by atoms with Crippen LogP contribution in [0.15, 0.2) is 216 Å². The molecule has 1 fully saturated rings. The number of hydrogen-bond donors (Lipinski definition) is 0. The topological polar surface area (TPSA) is 89.5 Å². The predicted molar refractivity (Wildman–Crippen MR) is 322 cm³/mol. The van der Waals surface area contributed by atoms with E-state index in [-0.39, 0.29) is 32.1 Å². The maximum atomic E-state index is 16.4. The minimum atomic E-state index is -4.57. The molecule has 0 unspecified atom stereocenters. The molecule has 10 aromatic carbocycles. The van der Waals surface area contributed by atoms with Gasteiger partial charge >= 0.3 is 17.2 Å². The molecular formula is C66H63BO8P2S. The van der Waals surface area contributed by atoms with Crippen molar-refractivity contribution in [2.75, 3.05) is 0 Å². The van der Waals surface area contributed by atoms with E-state index in [1.54, 1.807) is 24.3 Å². The number of fused-ring (bicyclic) bond motifs is 4. The molecule has 394 valence electrons. The summed E-state index contributed by atoms with van der Waals surface area (Å²) in [5.41, 5.74) is 0.779. The third-order valence-electron chi connectivity index (χ3n) is 14.4. The molecule has 8 nitrogen and oxygen atoms in total. The zero-order valence-electron chi connectivity index (χ0n) is 45.1. The SMILES string of the molecule is CC(C)(C)CC(C)(C)c1ccc(OP(Oc2ccc3ccccc3c2)Oc2ccc3ccccc3c2)c(S(=O)(=O)c2cc(C(C)(C)CB3CC3)ccc2OP(Oc2ccc3ccccc3c2)Oc2ccc3ccccc3c2)c1. The fourth-order valence-corrected chi connectivity index (χ4v) is 14.3. The van der Waals surface area contributed by atoms with Crippen molar-refractivity contribution in [2.45, 2.75) is 94.5 Å². The van der Waals surface area contributed by atoms with E-state index in [0.717, 1.165) is 79.6 Å². The molecule has 10 aromatic rings. The molecule has 0 aromatic heterocycles. The molecule has 0 bridgehead atoms. The van der Waals surface area contributed by atoms with E-state index < -0.39 is 32.5 Å². The Bertz CT molecular complexity index is 3780. The lowest BCUT2D eigenvalue weighted by molar-refractivity contribution is 0.283. The minimum Gasteiger partial charge on any atom is -0.408 e. The molecule has 78 heavy (non-hydrogen) atoms. The molecule has 0 aliphatic carbocycles. The van der Waals surface area contributed by atoms with Gasteiger partial charge in [-0.05, 0) is 150 Å². The summed E-state index contributed by atoms with van der Waals surface area (Å²) in [4.78, 5) is -0.109. The average molecular weight is 1090 g/mol. The highest BCUT2D eigenvalue weighted by atomic mass is 32.2. The van der Waals surface area contributed by atoms with Crippen LogP contribution in [0.25, 0.3) is 43.1 Å². The molecule has 0 amide bonds. The van der Waals surface area contributed by atoms with Crippen LogP contribution in [0.5, 0.6) is 34.5 Å². The van der Waals surface area contributed by atoms with E-state index in [9.17, 15) is 0 Å². The number of rotatable bonds is 19. The standard InChI is InChI=1S/C66H63BO8P2S/c1-64(2,3)44-65(4,5)54-28-34-60(74-76(70-56-30-24-46-16-8-12-20-50(46)38-56)71-57-31-25-47-17-9-13-21-51(47)39-57)62(42-54)78(68,69)63-43-55(66(6,7)45-67-36-37-67)29-35-61(63)75-77(72-58-32-26-48-18-10-14-22-52(48)40-58)73-59-33-27-49-19-11-15-23-53(49)41-59/h8-35,38-43H,36-37,44-45H2,1-7H3. The van der Waals surface area contributed by atoms with Crippen LogP contribution in [0.4, 0.5) is 0 Å². The first kappa shape index (κ1) is 52.9. The fourth-order valence-electron chi connectivity index (χ4n) is 10.7. The van der Waals surface area contributed by atoms with Crippen molar-refractivity contribution < 1.29 is 35.6 Å². The van der Waals surface area contributed by atoms with Gasteiger partial charge in [0, 0.05) is 0 Å². The highest BCUT2D eigenvalue weighted by Gasteiger charge is 2.38. The van der Waals surface area contributed by atoms with Crippen LogP contribution in [-0.4, -0.2) is 15.1 Å². The average Bonchev–Trinajstić information content (AvgIpc) is 4.32. The first-order chi connectivity index (χ1) is 37.4. The van der Waals surface area contributed by atoms with Gasteiger partial charge in [-0.3, -0.25) is 0 Å². The Morgan fingerprint density at radius 2 is 0.705 bits per heavy atom. The van der Waals surface area contributed by atoms with Crippen LogP contribution in [-0.2, 0) is 20.7 Å². The largest absolute Gasteiger partial charge is 0.530 e. The molecule has 1 aliphatic heterocycles. The maximum Gasteiger partial charge on any atom is 0.530 e. The van der Waals surface area contributed by atoms with Gasteiger partial charge in [-0.15, -0.1) is 0 Å². The van der Waals surface area contributed by atoms with Crippen molar-refractivity contribution >= 4 is 76.8 Å². The zero-order valence-corrected chi connectivity index (χ0v) is 47.7. The maximum absolute atomic E-state index is 16.4. The van der Waals surface area contributed by atoms with Crippen LogP contribution >= 0.6 is 17.2 Å². The van der Waals surface area contributed by atoms with Crippen molar-refractivity contribution in [3.63, 3.8) is 0 Å². The summed E-state index contributed by atoms with van der Waals surface area (Å²) in [6.07, 6.45) is 3.98. The van der Waals surface area contributed by atoms with Crippen LogP contribution in [0.1, 0.15) is 66.0 Å². The molecule has 1 aliphatic rings. The summed E-state index contributed by atoms with van der Waals surface area (Å²) in [7, 11) is -9.28. The Morgan fingerprint density at radius 3 is 1.03 bits per heavy atom. The second-order valence-electron chi connectivity index (χ2n) is 23.0. The Balaban J connectivity index is 1.05. The smallest absolute Gasteiger partial charge is 0.408 e. The quantitative estimate of drug-likeness (QED) is 0.0584. The molecule has 0 saturated carbocycles. The van der Waals surface area contributed by atoms with Crippen LogP contribution in [0, 0.1) is 5.41 Å². The summed E-state index contributed by atoms with van der Waals surface area (Å²) in [5, 5.41) is 8.05. The Labute approximate surface area is 461 Å². The van der Waals surface area contributed by atoms with E-state index >= 15 is 8.42 Å². The molecule has 0 atom stereocenters. The Kier molecular flexibility index (Phi) is 14.7. The van der Waals surface area contributed by atoms with Gasteiger partial charge in [-0.2, -0.15) is 0 Å². The second kappa shape index (κ2) is 21.6. The van der Waals surface area contributed by atoms with E-state index in [1.165, 1.54) is 0 Å². The molecule has 1 saturated heterocycles. The lowest BCUT2D eigenvalue weighted by Gasteiger charge is -2.33. The third kappa shape index (κ3) is 12.3. The second-order valence-corrected chi connectivity index (χ2v) is 26.9. The number of hydrogen-bond acceptors (Lipinski definition) is 8. The summed E-state index contributed by atoms with van der Waals surface area (Å²) < 4.78 is 73.5.